The van der Waals surface area contributed by atoms with Crippen molar-refractivity contribution in [2.45, 2.75) is 44.2 Å². The lowest BCUT2D eigenvalue weighted by atomic mass is 9.97. The number of hydrogen-bond donors (Lipinski definition) is 3. The summed E-state index contributed by atoms with van der Waals surface area (Å²) in [5.41, 5.74) is 9.69. The number of fused-ring (bicyclic) bond motifs is 5. The molecule has 0 aliphatic carbocycles. The molecule has 1 aliphatic heterocycles. The number of carbonyl (C=O) groups is 3. The molecule has 4 bridgehead atoms. The van der Waals surface area contributed by atoms with Gasteiger partial charge in [-0.2, -0.15) is 0 Å². The Bertz CT molecular complexity index is 1040. The molecule has 170 valence electrons. The molecular formula is C22H27N5O4S. The van der Waals surface area contributed by atoms with Gasteiger partial charge in [-0.3, -0.25) is 9.59 Å². The van der Waals surface area contributed by atoms with Crippen LogP contribution in [0.3, 0.4) is 0 Å². The van der Waals surface area contributed by atoms with Crippen molar-refractivity contribution in [1.29, 1.82) is 0 Å². The molecule has 1 aromatic carbocycles. The molecule has 1 aliphatic rings. The van der Waals surface area contributed by atoms with Gasteiger partial charge in [-0.1, -0.05) is 6.07 Å². The lowest BCUT2D eigenvalue weighted by molar-refractivity contribution is -0.145. The lowest BCUT2D eigenvalue weighted by Gasteiger charge is -2.17. The summed E-state index contributed by atoms with van der Waals surface area (Å²) in [6.45, 7) is 4.19. The number of nitrogens with zero attached hydrogens (tertiary/aromatic N) is 2. The number of esters is 1. The van der Waals surface area contributed by atoms with Crippen LogP contribution >= 0.6 is 11.8 Å². The largest absolute Gasteiger partial charge is 0.467 e. The summed E-state index contributed by atoms with van der Waals surface area (Å²) in [6.07, 6.45) is 1.05. The molecule has 0 saturated heterocycles. The summed E-state index contributed by atoms with van der Waals surface area (Å²) < 4.78 is 4.80. The Morgan fingerprint density at radius 3 is 2.66 bits per heavy atom. The molecule has 0 unspecified atom stereocenters. The van der Waals surface area contributed by atoms with E-state index in [9.17, 15) is 14.4 Å². The van der Waals surface area contributed by atoms with Crippen molar-refractivity contribution >= 4 is 35.5 Å². The monoisotopic (exact) mass is 457 g/mol. The zero-order valence-electron chi connectivity index (χ0n) is 18.4. The number of amides is 2. The third-order valence-electron chi connectivity index (χ3n) is 5.17. The molecule has 2 amide bonds. The molecule has 9 nitrogen and oxygen atoms in total. The van der Waals surface area contributed by atoms with Crippen molar-refractivity contribution in [3.05, 3.63) is 34.9 Å². The molecule has 1 aromatic heterocycles. The highest BCUT2D eigenvalue weighted by Crippen LogP contribution is 2.29. The van der Waals surface area contributed by atoms with Gasteiger partial charge in [0.2, 0.25) is 11.9 Å². The van der Waals surface area contributed by atoms with Gasteiger partial charge < -0.3 is 21.1 Å². The molecule has 32 heavy (non-hydrogen) atoms. The van der Waals surface area contributed by atoms with E-state index in [2.05, 4.69) is 20.6 Å². The maximum Gasteiger partial charge on any atom is 0.328 e. The minimum atomic E-state index is -0.765. The van der Waals surface area contributed by atoms with Crippen LogP contribution in [-0.2, 0) is 14.3 Å². The molecule has 10 heteroatoms. The van der Waals surface area contributed by atoms with Crippen LogP contribution in [0.1, 0.15) is 40.7 Å². The molecule has 1 atom stereocenters. The Morgan fingerprint density at radius 2 is 1.91 bits per heavy atom. The van der Waals surface area contributed by atoms with Crippen LogP contribution in [0.15, 0.2) is 23.2 Å². The van der Waals surface area contributed by atoms with Crippen LogP contribution in [0.4, 0.5) is 5.95 Å². The van der Waals surface area contributed by atoms with Crippen LogP contribution in [0.2, 0.25) is 0 Å². The highest BCUT2D eigenvalue weighted by Gasteiger charge is 2.22. The third-order valence-corrected chi connectivity index (χ3v) is 6.08. The highest BCUT2D eigenvalue weighted by molar-refractivity contribution is 7.99. The summed E-state index contributed by atoms with van der Waals surface area (Å²) in [7, 11) is 1.28. The fourth-order valence-corrected chi connectivity index (χ4v) is 4.39. The topological polar surface area (TPSA) is 136 Å². The van der Waals surface area contributed by atoms with Crippen molar-refractivity contribution in [1.82, 2.24) is 20.6 Å². The first-order valence-electron chi connectivity index (χ1n) is 10.3. The predicted octanol–water partition coefficient (Wildman–Crippen LogP) is 2.01. The summed E-state index contributed by atoms with van der Waals surface area (Å²) in [5.74, 6) is -0.426. The zero-order chi connectivity index (χ0) is 23.3. The number of ether oxygens (including phenoxy) is 1. The Labute approximate surface area is 190 Å². The van der Waals surface area contributed by atoms with Crippen LogP contribution in [0, 0.1) is 13.8 Å². The lowest BCUT2D eigenvalue weighted by Crippen LogP contribution is -2.42. The molecular weight excluding hydrogens is 430 g/mol. The highest BCUT2D eigenvalue weighted by atomic mass is 32.2. The number of aromatic nitrogens is 2. The SMILES string of the molecule is COC(=O)[C@@H]1CCCNC(=O)c2cc(c(C)cc2C)-c2cc(nc(N)n2)SCCC(=O)N1. The van der Waals surface area contributed by atoms with Gasteiger partial charge in [-0.25, -0.2) is 14.8 Å². The summed E-state index contributed by atoms with van der Waals surface area (Å²) in [6, 6.07) is 4.79. The zero-order valence-corrected chi connectivity index (χ0v) is 19.2. The van der Waals surface area contributed by atoms with E-state index in [1.54, 1.807) is 6.07 Å². The summed E-state index contributed by atoms with van der Waals surface area (Å²) >= 11 is 1.37. The maximum atomic E-state index is 12.8. The average molecular weight is 458 g/mol. The molecule has 0 spiro atoms. The van der Waals surface area contributed by atoms with Gasteiger partial charge in [0.1, 0.15) is 11.1 Å². The number of nitrogens with one attached hydrogen (secondary N) is 2. The molecule has 2 heterocycles. The van der Waals surface area contributed by atoms with Crippen LogP contribution in [0.5, 0.6) is 0 Å². The number of hydrogen-bond acceptors (Lipinski definition) is 8. The number of aryl methyl sites for hydroxylation is 2. The number of benzene rings is 1. The van der Waals surface area contributed by atoms with E-state index in [-0.39, 0.29) is 24.2 Å². The second-order valence-corrected chi connectivity index (χ2v) is 8.69. The number of anilines is 1. The Kier molecular flexibility index (Phi) is 7.68. The smallest absolute Gasteiger partial charge is 0.328 e. The quantitative estimate of drug-likeness (QED) is 0.437. The van der Waals surface area contributed by atoms with E-state index in [4.69, 9.17) is 10.5 Å². The van der Waals surface area contributed by atoms with Gasteiger partial charge in [0, 0.05) is 29.8 Å². The van der Waals surface area contributed by atoms with Gasteiger partial charge in [0.25, 0.3) is 5.91 Å². The number of rotatable bonds is 1. The molecule has 3 rings (SSSR count). The predicted molar refractivity (Wildman–Crippen MR) is 122 cm³/mol. The first kappa shape index (κ1) is 23.5. The Morgan fingerprint density at radius 1 is 1.16 bits per heavy atom. The number of thioether (sulfide) groups is 1. The minimum Gasteiger partial charge on any atom is -0.467 e. The maximum absolute atomic E-state index is 12.8. The van der Waals surface area contributed by atoms with Crippen molar-refractivity contribution < 1.29 is 19.1 Å². The standard InChI is InChI=1S/C22H27N5O4S/c1-12-9-13(2)15-10-14(12)17-11-19(27-22(23)26-17)32-8-6-18(28)25-16(21(30)31-3)5-4-7-24-20(15)29/h9-11,16H,4-8H2,1-3H3,(H,24,29)(H,25,28)(H2,23,26,27)/t16-/m0/s1. The van der Waals surface area contributed by atoms with Gasteiger partial charge >= 0.3 is 5.97 Å². The summed E-state index contributed by atoms with van der Waals surface area (Å²) in [5, 5.41) is 6.23. The Balaban J connectivity index is 1.96. The molecule has 0 fully saturated rings. The average Bonchev–Trinajstić information content (AvgIpc) is 2.74. The number of nitrogen functional groups attached to an aromatic ring is 1. The number of carbonyl (C=O) groups excluding carboxylic acids is 3. The van der Waals surface area contributed by atoms with E-state index in [1.165, 1.54) is 18.9 Å². The number of methoxy groups -OCH3 is 1. The molecule has 2 aromatic rings. The Hall–Kier alpha value is -3.14. The first-order chi connectivity index (χ1) is 15.3. The van der Waals surface area contributed by atoms with E-state index >= 15 is 0 Å². The second kappa shape index (κ2) is 10.4. The minimum absolute atomic E-state index is 0.115. The second-order valence-electron chi connectivity index (χ2n) is 7.57. The molecule has 4 N–H and O–H groups in total. The fraction of sp³-hybridized carbons (Fsp3) is 0.409. The fourth-order valence-electron chi connectivity index (χ4n) is 3.54. The van der Waals surface area contributed by atoms with Gasteiger partial charge in [-0.15, -0.1) is 11.8 Å². The normalized spacial score (nSPS) is 17.7. The van der Waals surface area contributed by atoms with E-state index in [1.807, 2.05) is 26.0 Å². The van der Waals surface area contributed by atoms with Gasteiger partial charge in [0.15, 0.2) is 0 Å². The number of nitrogens with two attached hydrogens (primary N) is 1. The molecule has 0 saturated carbocycles. The van der Waals surface area contributed by atoms with Crippen LogP contribution in [0.25, 0.3) is 11.3 Å². The van der Waals surface area contributed by atoms with Crippen LogP contribution < -0.4 is 16.4 Å². The van der Waals surface area contributed by atoms with E-state index in [0.717, 1.165) is 16.7 Å². The first-order valence-corrected chi connectivity index (χ1v) is 11.3. The van der Waals surface area contributed by atoms with Crippen molar-refractivity contribution in [3.63, 3.8) is 0 Å². The van der Waals surface area contributed by atoms with Gasteiger partial charge in [0.05, 0.1) is 12.8 Å². The van der Waals surface area contributed by atoms with Crippen molar-refractivity contribution in [3.8, 4) is 11.3 Å². The molecule has 0 radical (unpaired) electrons. The van der Waals surface area contributed by atoms with Crippen LogP contribution in [-0.4, -0.2) is 53.2 Å². The van der Waals surface area contributed by atoms with Crippen molar-refractivity contribution in [2.75, 3.05) is 25.1 Å². The summed E-state index contributed by atoms with van der Waals surface area (Å²) in [4.78, 5) is 45.8. The van der Waals surface area contributed by atoms with Crippen molar-refractivity contribution in [2.24, 2.45) is 0 Å². The third kappa shape index (κ3) is 5.76. The van der Waals surface area contributed by atoms with E-state index < -0.39 is 12.0 Å². The van der Waals surface area contributed by atoms with E-state index in [0.29, 0.717) is 41.4 Å². The van der Waals surface area contributed by atoms with Gasteiger partial charge in [-0.05, 0) is 49.9 Å².